The highest BCUT2D eigenvalue weighted by Gasteiger charge is 2.02. The monoisotopic (exact) mass is 269 g/mol. The lowest BCUT2D eigenvalue weighted by molar-refractivity contribution is 0.101. The van der Waals surface area contributed by atoms with Crippen LogP contribution in [0.25, 0.3) is 0 Å². The third-order valence-corrected chi connectivity index (χ3v) is 2.53. The highest BCUT2D eigenvalue weighted by Crippen LogP contribution is 2.15. The molecule has 2 rings (SSSR count). The van der Waals surface area contributed by atoms with Gasteiger partial charge in [0.2, 0.25) is 5.95 Å². The van der Waals surface area contributed by atoms with Gasteiger partial charge < -0.3 is 10.6 Å². The zero-order valence-electron chi connectivity index (χ0n) is 11.1. The Balaban J connectivity index is 2.09. The van der Waals surface area contributed by atoms with Crippen LogP contribution in [0.1, 0.15) is 17.3 Å². The Morgan fingerprint density at radius 1 is 1.35 bits per heavy atom. The number of carbonyl (C=O) groups excluding carboxylic acids is 1. The quantitative estimate of drug-likeness (QED) is 0.619. The van der Waals surface area contributed by atoms with E-state index in [4.69, 9.17) is 0 Å². The standard InChI is InChI=1S/C14H15N5O/c1-3-8-15-14-18-13(9-16-19-14)17-12-6-4-11(5-7-12)10(2)20/h3-7,9H,1,8H2,2H3,(H2,15,17,18,19). The number of nitrogens with zero attached hydrogens (tertiary/aromatic N) is 3. The van der Waals surface area contributed by atoms with Crippen molar-refractivity contribution in [3.63, 3.8) is 0 Å². The largest absolute Gasteiger partial charge is 0.349 e. The molecule has 20 heavy (non-hydrogen) atoms. The van der Waals surface area contributed by atoms with Crippen LogP contribution in [0.2, 0.25) is 0 Å². The maximum atomic E-state index is 11.2. The van der Waals surface area contributed by atoms with Gasteiger partial charge in [-0.05, 0) is 31.2 Å². The molecule has 0 fully saturated rings. The lowest BCUT2D eigenvalue weighted by atomic mass is 10.1. The van der Waals surface area contributed by atoms with E-state index < -0.39 is 0 Å². The van der Waals surface area contributed by atoms with Crippen LogP contribution >= 0.6 is 0 Å². The average molecular weight is 269 g/mol. The molecule has 2 N–H and O–H groups in total. The van der Waals surface area contributed by atoms with Gasteiger partial charge >= 0.3 is 0 Å². The van der Waals surface area contributed by atoms with Gasteiger partial charge in [0.25, 0.3) is 0 Å². The molecule has 1 aromatic heterocycles. The van der Waals surface area contributed by atoms with Crippen LogP contribution in [0, 0.1) is 0 Å². The van der Waals surface area contributed by atoms with Gasteiger partial charge in [-0.15, -0.1) is 11.7 Å². The van der Waals surface area contributed by atoms with Crippen molar-refractivity contribution >= 4 is 23.2 Å². The number of rotatable bonds is 6. The highest BCUT2D eigenvalue weighted by molar-refractivity contribution is 5.94. The van der Waals surface area contributed by atoms with Crippen LogP contribution in [-0.4, -0.2) is 27.5 Å². The molecule has 0 atom stereocenters. The summed E-state index contributed by atoms with van der Waals surface area (Å²) < 4.78 is 0. The Kier molecular flexibility index (Phi) is 4.39. The van der Waals surface area contributed by atoms with E-state index in [9.17, 15) is 4.79 Å². The number of Topliss-reactive ketones (excluding diaryl/α,β-unsaturated/α-hetero) is 1. The van der Waals surface area contributed by atoms with E-state index in [1.807, 2.05) is 12.1 Å². The number of hydrogen-bond acceptors (Lipinski definition) is 6. The lowest BCUT2D eigenvalue weighted by Crippen LogP contribution is -2.06. The Morgan fingerprint density at radius 2 is 2.10 bits per heavy atom. The van der Waals surface area contributed by atoms with Crippen LogP contribution in [0.15, 0.2) is 43.1 Å². The van der Waals surface area contributed by atoms with Gasteiger partial charge in [0.1, 0.15) is 0 Å². The summed E-state index contributed by atoms with van der Waals surface area (Å²) in [5.41, 5.74) is 1.50. The molecule has 0 bridgehead atoms. The zero-order valence-corrected chi connectivity index (χ0v) is 11.1. The molecule has 6 heteroatoms. The third-order valence-electron chi connectivity index (χ3n) is 2.53. The molecule has 0 radical (unpaired) electrons. The van der Waals surface area contributed by atoms with E-state index in [0.717, 1.165) is 5.69 Å². The number of ketones is 1. The Bertz CT molecular complexity index is 609. The molecule has 0 amide bonds. The Hall–Kier alpha value is -2.76. The van der Waals surface area contributed by atoms with Crippen molar-refractivity contribution in [2.75, 3.05) is 17.2 Å². The normalized spacial score (nSPS) is 9.85. The summed E-state index contributed by atoms with van der Waals surface area (Å²) in [5.74, 6) is 1.04. The zero-order chi connectivity index (χ0) is 14.4. The van der Waals surface area contributed by atoms with Crippen molar-refractivity contribution in [3.8, 4) is 0 Å². The van der Waals surface area contributed by atoms with Gasteiger partial charge in [-0.1, -0.05) is 6.08 Å². The number of anilines is 3. The van der Waals surface area contributed by atoms with Gasteiger partial charge in [-0.2, -0.15) is 10.1 Å². The number of hydrogen-bond donors (Lipinski definition) is 2. The van der Waals surface area contributed by atoms with Gasteiger partial charge in [-0.3, -0.25) is 4.79 Å². The summed E-state index contributed by atoms with van der Waals surface area (Å²) in [6.07, 6.45) is 3.24. The molecule has 0 aliphatic carbocycles. The maximum absolute atomic E-state index is 11.2. The number of benzene rings is 1. The van der Waals surface area contributed by atoms with Gasteiger partial charge in [0.05, 0.1) is 6.20 Å². The Labute approximate surface area is 117 Å². The van der Waals surface area contributed by atoms with Crippen molar-refractivity contribution in [1.29, 1.82) is 0 Å². The van der Waals surface area contributed by atoms with Crippen molar-refractivity contribution in [2.45, 2.75) is 6.92 Å². The minimum absolute atomic E-state index is 0.0381. The number of aromatic nitrogens is 3. The summed E-state index contributed by atoms with van der Waals surface area (Å²) in [5, 5.41) is 13.8. The van der Waals surface area contributed by atoms with Crippen molar-refractivity contribution in [2.24, 2.45) is 0 Å². The second-order valence-corrected chi connectivity index (χ2v) is 4.09. The molecule has 102 valence electrons. The highest BCUT2D eigenvalue weighted by atomic mass is 16.1. The summed E-state index contributed by atoms with van der Waals surface area (Å²) in [6, 6.07) is 7.15. The van der Waals surface area contributed by atoms with E-state index in [1.165, 1.54) is 13.1 Å². The smallest absolute Gasteiger partial charge is 0.244 e. The fourth-order valence-electron chi connectivity index (χ4n) is 1.54. The average Bonchev–Trinajstić information content (AvgIpc) is 2.46. The molecule has 0 aliphatic rings. The third kappa shape index (κ3) is 3.61. The van der Waals surface area contributed by atoms with E-state index in [0.29, 0.717) is 23.9 Å². The molecule has 6 nitrogen and oxygen atoms in total. The first-order chi connectivity index (χ1) is 9.69. The minimum Gasteiger partial charge on any atom is -0.349 e. The van der Waals surface area contributed by atoms with Gasteiger partial charge in [0.15, 0.2) is 11.6 Å². The first-order valence-corrected chi connectivity index (χ1v) is 6.11. The SMILES string of the molecule is C=CCNc1nncc(Nc2ccc(C(C)=O)cc2)n1. The van der Waals surface area contributed by atoms with Crippen molar-refractivity contribution in [1.82, 2.24) is 15.2 Å². The van der Waals surface area contributed by atoms with E-state index >= 15 is 0 Å². The Morgan fingerprint density at radius 3 is 2.75 bits per heavy atom. The molecular weight excluding hydrogens is 254 g/mol. The molecule has 1 heterocycles. The van der Waals surface area contributed by atoms with Crippen LogP contribution in [0.4, 0.5) is 17.5 Å². The van der Waals surface area contributed by atoms with E-state index in [2.05, 4.69) is 32.4 Å². The predicted octanol–water partition coefficient (Wildman–Crippen LogP) is 2.42. The fourth-order valence-corrected chi connectivity index (χ4v) is 1.54. The predicted molar refractivity (Wildman–Crippen MR) is 78.2 cm³/mol. The maximum Gasteiger partial charge on any atom is 0.244 e. The fraction of sp³-hybridized carbons (Fsp3) is 0.143. The van der Waals surface area contributed by atoms with Crippen LogP contribution in [0.3, 0.4) is 0 Å². The molecule has 0 unspecified atom stereocenters. The molecule has 2 aromatic rings. The minimum atomic E-state index is 0.0381. The van der Waals surface area contributed by atoms with Gasteiger partial charge in [-0.25, -0.2) is 0 Å². The van der Waals surface area contributed by atoms with Crippen LogP contribution in [-0.2, 0) is 0 Å². The topological polar surface area (TPSA) is 79.8 Å². The van der Waals surface area contributed by atoms with Crippen molar-refractivity contribution in [3.05, 3.63) is 48.7 Å². The van der Waals surface area contributed by atoms with Crippen molar-refractivity contribution < 1.29 is 4.79 Å². The van der Waals surface area contributed by atoms with Crippen LogP contribution in [0.5, 0.6) is 0 Å². The molecule has 0 spiro atoms. The summed E-state index contributed by atoms with van der Waals surface area (Å²) in [7, 11) is 0. The summed E-state index contributed by atoms with van der Waals surface area (Å²) in [4.78, 5) is 15.4. The molecule has 0 saturated heterocycles. The lowest BCUT2D eigenvalue weighted by Gasteiger charge is -2.07. The van der Waals surface area contributed by atoms with E-state index in [1.54, 1.807) is 18.2 Å². The number of carbonyl (C=O) groups is 1. The molecule has 0 aliphatic heterocycles. The summed E-state index contributed by atoms with van der Waals surface area (Å²) in [6.45, 7) is 5.71. The molecule has 1 aromatic carbocycles. The van der Waals surface area contributed by atoms with E-state index in [-0.39, 0.29) is 5.78 Å². The van der Waals surface area contributed by atoms with Crippen LogP contribution < -0.4 is 10.6 Å². The first kappa shape index (κ1) is 13.7. The van der Waals surface area contributed by atoms with Gasteiger partial charge in [0, 0.05) is 17.8 Å². The second kappa shape index (κ2) is 6.42. The first-order valence-electron chi connectivity index (χ1n) is 6.11. The second-order valence-electron chi connectivity index (χ2n) is 4.09. The summed E-state index contributed by atoms with van der Waals surface area (Å²) >= 11 is 0. The number of nitrogens with one attached hydrogen (secondary N) is 2. The molecule has 0 saturated carbocycles. The molecular formula is C14H15N5O.